The topological polar surface area (TPSA) is 60.7 Å². The molecule has 0 saturated carbocycles. The zero-order valence-electron chi connectivity index (χ0n) is 11.2. The fraction of sp³-hybridized carbons (Fsp3) is 0.214. The minimum atomic E-state index is -0.201. The summed E-state index contributed by atoms with van der Waals surface area (Å²) in [6.45, 7) is 2.89. The Kier molecular flexibility index (Phi) is 4.21. The minimum absolute atomic E-state index is 0.0321. The molecule has 0 aliphatic carbocycles. The molecule has 0 bridgehead atoms. The van der Waals surface area contributed by atoms with Crippen LogP contribution in [0.25, 0.3) is 11.0 Å². The van der Waals surface area contributed by atoms with Crippen molar-refractivity contribution in [3.8, 4) is 0 Å². The number of imidazole rings is 1. The number of rotatable bonds is 4. The summed E-state index contributed by atoms with van der Waals surface area (Å²) < 4.78 is 1.71. The monoisotopic (exact) mass is 385 g/mol. The lowest BCUT2D eigenvalue weighted by Crippen LogP contribution is -2.21. The molecule has 1 atom stereocenters. The van der Waals surface area contributed by atoms with Gasteiger partial charge in [0, 0.05) is 9.35 Å². The average molecular weight is 387 g/mol. The fourth-order valence-electron chi connectivity index (χ4n) is 2.35. The number of aromatic nitrogens is 2. The minimum Gasteiger partial charge on any atom is -0.306 e. The van der Waals surface area contributed by atoms with Crippen LogP contribution in [0.2, 0.25) is 4.34 Å². The van der Waals surface area contributed by atoms with Crippen LogP contribution in [0.4, 0.5) is 0 Å². The molecule has 1 aromatic carbocycles. The molecule has 0 spiro atoms. The second-order valence-corrected chi connectivity index (χ2v) is 7.23. The first kappa shape index (κ1) is 14.8. The quantitative estimate of drug-likeness (QED) is 0.634. The second-order valence-electron chi connectivity index (χ2n) is 4.63. The Morgan fingerprint density at radius 2 is 2.05 bits per heavy atom. The molecule has 0 aliphatic rings. The van der Waals surface area contributed by atoms with E-state index in [1.807, 2.05) is 24.3 Å². The lowest BCUT2D eigenvalue weighted by atomic mass is 10.0. The predicted molar refractivity (Wildman–Crippen MR) is 91.5 cm³/mol. The number of halogens is 2. The van der Waals surface area contributed by atoms with Crippen molar-refractivity contribution in [2.45, 2.75) is 13.0 Å². The van der Waals surface area contributed by atoms with Crippen LogP contribution in [0.15, 0.2) is 33.5 Å². The second kappa shape index (κ2) is 5.96. The van der Waals surface area contributed by atoms with Crippen LogP contribution in [-0.4, -0.2) is 16.5 Å². The average Bonchev–Trinajstić information content (AvgIpc) is 3.00. The molecule has 2 heterocycles. The largest absolute Gasteiger partial charge is 0.323 e. The van der Waals surface area contributed by atoms with E-state index in [1.165, 1.54) is 0 Å². The summed E-state index contributed by atoms with van der Waals surface area (Å²) in [6.07, 6.45) is 0. The summed E-state index contributed by atoms with van der Waals surface area (Å²) in [5.41, 5.74) is 2.45. The molecule has 0 saturated heterocycles. The lowest BCUT2D eigenvalue weighted by Gasteiger charge is -2.18. The zero-order chi connectivity index (χ0) is 15.0. The van der Waals surface area contributed by atoms with Gasteiger partial charge in [0.15, 0.2) is 0 Å². The van der Waals surface area contributed by atoms with Gasteiger partial charge in [0.05, 0.1) is 21.4 Å². The van der Waals surface area contributed by atoms with E-state index in [0.29, 0.717) is 0 Å². The summed E-state index contributed by atoms with van der Waals surface area (Å²) in [5.74, 6) is 0. The first-order chi connectivity index (χ1) is 10.1. The van der Waals surface area contributed by atoms with Crippen molar-refractivity contribution in [3.63, 3.8) is 0 Å². The van der Waals surface area contributed by atoms with E-state index >= 15 is 0 Å². The highest BCUT2D eigenvalue weighted by molar-refractivity contribution is 9.10. The number of hydrogen-bond donors (Lipinski definition) is 3. The van der Waals surface area contributed by atoms with Gasteiger partial charge in [-0.2, -0.15) is 0 Å². The van der Waals surface area contributed by atoms with Gasteiger partial charge in [0.2, 0.25) is 0 Å². The summed E-state index contributed by atoms with van der Waals surface area (Å²) in [5, 5.41) is 3.46. The van der Waals surface area contributed by atoms with Crippen LogP contribution < -0.4 is 11.0 Å². The van der Waals surface area contributed by atoms with Gasteiger partial charge in [-0.05, 0) is 36.4 Å². The standard InChI is InChI=1S/C14H13BrClN3OS/c1-2-17-13(11-3-4-12(16)21-11)7-5-9-10(6-8(7)15)19-14(20)18-9/h3-6,13,17H,2H2,1H3,(H2,18,19,20). The zero-order valence-corrected chi connectivity index (χ0v) is 14.3. The first-order valence-electron chi connectivity index (χ1n) is 6.48. The molecule has 1 unspecified atom stereocenters. The molecule has 0 radical (unpaired) electrons. The predicted octanol–water partition coefficient (Wildman–Crippen LogP) is 4.03. The molecule has 3 N–H and O–H groups in total. The molecule has 110 valence electrons. The third kappa shape index (κ3) is 2.94. The van der Waals surface area contributed by atoms with E-state index in [-0.39, 0.29) is 11.7 Å². The van der Waals surface area contributed by atoms with E-state index in [0.717, 1.165) is 36.8 Å². The summed E-state index contributed by atoms with van der Waals surface area (Å²) in [6, 6.07) is 7.86. The van der Waals surface area contributed by atoms with Gasteiger partial charge < -0.3 is 15.3 Å². The van der Waals surface area contributed by atoms with Crippen LogP contribution >= 0.6 is 38.9 Å². The number of hydrogen-bond acceptors (Lipinski definition) is 3. The number of nitrogens with one attached hydrogen (secondary N) is 3. The third-order valence-corrected chi connectivity index (χ3v) is 5.21. The molecular formula is C14H13BrClN3OS. The van der Waals surface area contributed by atoms with Crippen LogP contribution in [0.5, 0.6) is 0 Å². The Labute approximate surface area is 138 Å². The lowest BCUT2D eigenvalue weighted by molar-refractivity contribution is 0.638. The molecule has 2 aromatic heterocycles. The first-order valence-corrected chi connectivity index (χ1v) is 8.47. The highest BCUT2D eigenvalue weighted by atomic mass is 79.9. The summed E-state index contributed by atoms with van der Waals surface area (Å²) in [7, 11) is 0. The van der Waals surface area contributed by atoms with Gasteiger partial charge in [-0.3, -0.25) is 0 Å². The Morgan fingerprint density at radius 1 is 1.33 bits per heavy atom. The van der Waals surface area contributed by atoms with Crippen molar-refractivity contribution >= 4 is 49.9 Å². The van der Waals surface area contributed by atoms with Crippen molar-refractivity contribution in [1.29, 1.82) is 0 Å². The van der Waals surface area contributed by atoms with Gasteiger partial charge in [-0.15, -0.1) is 11.3 Å². The van der Waals surface area contributed by atoms with E-state index in [4.69, 9.17) is 11.6 Å². The fourth-order valence-corrected chi connectivity index (χ4v) is 4.07. The van der Waals surface area contributed by atoms with Crippen molar-refractivity contribution in [3.05, 3.63) is 54.0 Å². The van der Waals surface area contributed by atoms with Crippen molar-refractivity contribution in [2.75, 3.05) is 6.54 Å². The van der Waals surface area contributed by atoms with Crippen LogP contribution in [0.3, 0.4) is 0 Å². The Balaban J connectivity index is 2.14. The highest BCUT2D eigenvalue weighted by Gasteiger charge is 2.19. The molecule has 21 heavy (non-hydrogen) atoms. The van der Waals surface area contributed by atoms with Crippen LogP contribution in [-0.2, 0) is 0 Å². The van der Waals surface area contributed by atoms with Gasteiger partial charge >= 0.3 is 5.69 Å². The summed E-state index contributed by atoms with van der Waals surface area (Å²) in [4.78, 5) is 18.1. The van der Waals surface area contributed by atoms with E-state index in [1.54, 1.807) is 11.3 Å². The molecule has 0 fully saturated rings. The third-order valence-electron chi connectivity index (χ3n) is 3.23. The van der Waals surface area contributed by atoms with E-state index < -0.39 is 0 Å². The molecule has 0 amide bonds. The number of aromatic amines is 2. The van der Waals surface area contributed by atoms with E-state index in [9.17, 15) is 4.79 Å². The smallest absolute Gasteiger partial charge is 0.306 e. The molecular weight excluding hydrogens is 374 g/mol. The van der Waals surface area contributed by atoms with Gasteiger partial charge in [0.25, 0.3) is 0 Å². The highest BCUT2D eigenvalue weighted by Crippen LogP contribution is 2.35. The normalized spacial score (nSPS) is 12.9. The Bertz CT molecular complexity index is 838. The van der Waals surface area contributed by atoms with Gasteiger partial charge in [0.1, 0.15) is 0 Å². The van der Waals surface area contributed by atoms with E-state index in [2.05, 4.69) is 38.1 Å². The van der Waals surface area contributed by atoms with Gasteiger partial charge in [-0.25, -0.2) is 4.79 Å². The van der Waals surface area contributed by atoms with Crippen LogP contribution in [0.1, 0.15) is 23.4 Å². The molecule has 3 aromatic rings. The van der Waals surface area contributed by atoms with Crippen molar-refractivity contribution in [1.82, 2.24) is 15.3 Å². The summed E-state index contributed by atoms with van der Waals surface area (Å²) >= 11 is 11.2. The molecule has 3 rings (SSSR count). The molecule has 7 heteroatoms. The Hall–Kier alpha value is -1.08. The van der Waals surface area contributed by atoms with Crippen LogP contribution in [0, 0.1) is 0 Å². The maximum atomic E-state index is 11.4. The number of thiophene rings is 1. The number of H-pyrrole nitrogens is 2. The number of fused-ring (bicyclic) bond motifs is 1. The Morgan fingerprint density at radius 3 is 2.67 bits per heavy atom. The molecule has 4 nitrogen and oxygen atoms in total. The maximum absolute atomic E-state index is 11.4. The van der Waals surface area contributed by atoms with Crippen molar-refractivity contribution < 1.29 is 0 Å². The molecule has 0 aliphatic heterocycles. The maximum Gasteiger partial charge on any atom is 0.323 e. The van der Waals surface area contributed by atoms with Gasteiger partial charge in [-0.1, -0.05) is 34.5 Å². The SMILES string of the molecule is CCNC(c1ccc(Cl)s1)c1cc2[nH]c(=O)[nH]c2cc1Br. The number of benzene rings is 1. The van der Waals surface area contributed by atoms with Crippen molar-refractivity contribution in [2.24, 2.45) is 0 Å².